The Labute approximate surface area is 46.1 Å². The van der Waals surface area contributed by atoms with Gasteiger partial charge in [0.15, 0.2) is 0 Å². The lowest BCUT2D eigenvalue weighted by molar-refractivity contribution is 0.341. The zero-order valence-electron chi connectivity index (χ0n) is 3.92. The molecule has 1 aliphatic heterocycles. The fourth-order valence-corrected chi connectivity index (χ4v) is 0.543. The molecular weight excluding hydrogens is 112 g/mol. The highest BCUT2D eigenvalue weighted by Gasteiger charge is 2.42. The van der Waals surface area contributed by atoms with E-state index in [-0.39, 0.29) is 0 Å². The summed E-state index contributed by atoms with van der Waals surface area (Å²) in [6.45, 7) is 1.80. The second-order valence-electron chi connectivity index (χ2n) is 1.18. The summed E-state index contributed by atoms with van der Waals surface area (Å²) in [7, 11) is 0. The van der Waals surface area contributed by atoms with Gasteiger partial charge < -0.3 is 0 Å². The van der Waals surface area contributed by atoms with Crippen LogP contribution in [-0.2, 0) is 4.18 Å². The van der Waals surface area contributed by atoms with E-state index in [1.54, 1.807) is 13.1 Å². The van der Waals surface area contributed by atoms with Gasteiger partial charge in [0, 0.05) is 6.21 Å². The summed E-state index contributed by atoms with van der Waals surface area (Å²) < 4.78 is 4.63. The van der Waals surface area contributed by atoms with E-state index in [0.717, 1.165) is 0 Å². The van der Waals surface area contributed by atoms with Crippen molar-refractivity contribution in [2.75, 3.05) is 0 Å². The topological polar surface area (TPSA) is 50.9 Å². The van der Waals surface area contributed by atoms with Crippen molar-refractivity contribution in [1.82, 2.24) is 0 Å². The second-order valence-corrected chi connectivity index (χ2v) is 2.10. The quantitative estimate of drug-likeness (QED) is 0.306. The normalized spacial score (nSPS) is 39.7. The van der Waals surface area contributed by atoms with Crippen LogP contribution in [0.5, 0.6) is 0 Å². The van der Waals surface area contributed by atoms with Crippen molar-refractivity contribution >= 4 is 18.3 Å². The lowest BCUT2D eigenvalue weighted by Gasteiger charge is -1.86. The molecule has 40 valence electrons. The number of hydrogen-bond acceptors (Lipinski definition) is 4. The molecule has 3 nitrogen and oxygen atoms in total. The number of rotatable bonds is 1. The number of aliphatic imine (C=N–C) groups is 1. The molecule has 1 rings (SSSR count). The first-order valence-electron chi connectivity index (χ1n) is 1.92. The smallest absolute Gasteiger partial charge is 0.272 e. The average molecular weight is 118 g/mol. The summed E-state index contributed by atoms with van der Waals surface area (Å²) in [5, 5.41) is -0.714. The molecule has 1 heterocycles. The van der Waals surface area contributed by atoms with E-state index >= 15 is 0 Å². The third kappa shape index (κ3) is 1.15. The van der Waals surface area contributed by atoms with E-state index in [2.05, 4.69) is 9.18 Å². The fourth-order valence-electron chi connectivity index (χ4n) is 0.266. The minimum atomic E-state index is -0.714. The molecule has 1 saturated heterocycles. The van der Waals surface area contributed by atoms with Crippen LogP contribution >= 0.6 is 12.0 Å². The Morgan fingerprint density at radius 3 is 2.71 bits per heavy atom. The fraction of sp³-hybridized carbons (Fsp3) is 0.667. The average Bonchev–Trinajstić information content (AvgIpc) is 2.22. The maximum absolute atomic E-state index is 5.30. The van der Waals surface area contributed by atoms with Crippen LogP contribution in [0.15, 0.2) is 4.99 Å². The summed E-state index contributed by atoms with van der Waals surface area (Å²) in [6.07, 6.45) is 1.62. The van der Waals surface area contributed by atoms with Gasteiger partial charge in [0.1, 0.15) is 0 Å². The van der Waals surface area contributed by atoms with Crippen LogP contribution in [0.4, 0.5) is 0 Å². The van der Waals surface area contributed by atoms with Crippen molar-refractivity contribution in [3.63, 3.8) is 0 Å². The van der Waals surface area contributed by atoms with Crippen LogP contribution in [-0.4, -0.2) is 11.4 Å². The van der Waals surface area contributed by atoms with Gasteiger partial charge in [-0.15, -0.1) is 0 Å². The van der Waals surface area contributed by atoms with E-state index in [0.29, 0.717) is 0 Å². The Balaban J connectivity index is 2.40. The molecule has 0 aliphatic carbocycles. The highest BCUT2D eigenvalue weighted by molar-refractivity contribution is 8.01. The first-order chi connectivity index (χ1) is 3.27. The van der Waals surface area contributed by atoms with Gasteiger partial charge in [-0.25, -0.2) is 4.99 Å². The van der Waals surface area contributed by atoms with Crippen LogP contribution in [0, 0.1) is 0 Å². The molecule has 0 aromatic heterocycles. The highest BCUT2D eigenvalue weighted by Crippen LogP contribution is 2.42. The first kappa shape index (κ1) is 5.08. The lowest BCUT2D eigenvalue weighted by Crippen LogP contribution is -2.17. The summed E-state index contributed by atoms with van der Waals surface area (Å²) in [5.41, 5.74) is 5.30. The van der Waals surface area contributed by atoms with Crippen LogP contribution in [0.3, 0.4) is 0 Å². The molecule has 0 amide bonds. The summed E-state index contributed by atoms with van der Waals surface area (Å²) in [6, 6.07) is 0. The lowest BCUT2D eigenvalue weighted by atomic mass is 10.8. The first-order valence-corrected chi connectivity index (χ1v) is 2.66. The maximum Gasteiger partial charge on any atom is 0.301 e. The standard InChI is InChI=1S/C3H6N2OS/c1-2-5-3(4)6-7-3/h2H,4H2,1H3. The Bertz CT molecular complexity index is 99.1. The van der Waals surface area contributed by atoms with Gasteiger partial charge in [-0.2, -0.15) is 0 Å². The summed E-state index contributed by atoms with van der Waals surface area (Å²) in [4.78, 5) is 3.76. The zero-order chi connectivity index (χ0) is 5.33. The molecule has 2 N–H and O–H groups in total. The summed E-state index contributed by atoms with van der Waals surface area (Å²) >= 11 is 1.18. The maximum atomic E-state index is 5.30. The number of hydrogen-bond donors (Lipinski definition) is 1. The zero-order valence-corrected chi connectivity index (χ0v) is 4.73. The van der Waals surface area contributed by atoms with Gasteiger partial charge in [-0.05, 0) is 6.92 Å². The Morgan fingerprint density at radius 1 is 2.00 bits per heavy atom. The van der Waals surface area contributed by atoms with Crippen molar-refractivity contribution in [3.8, 4) is 0 Å². The van der Waals surface area contributed by atoms with Crippen LogP contribution in [0.1, 0.15) is 6.92 Å². The minimum absolute atomic E-state index is 0.714. The molecular formula is C3H6N2OS. The largest absolute Gasteiger partial charge is 0.301 e. The van der Waals surface area contributed by atoms with E-state index in [1.165, 1.54) is 12.0 Å². The van der Waals surface area contributed by atoms with E-state index in [1.807, 2.05) is 0 Å². The molecule has 0 radical (unpaired) electrons. The van der Waals surface area contributed by atoms with Gasteiger partial charge in [0.05, 0.1) is 12.0 Å². The minimum Gasteiger partial charge on any atom is -0.272 e. The predicted octanol–water partition coefficient (Wildman–Crippen LogP) is 0.326. The van der Waals surface area contributed by atoms with Crippen molar-refractivity contribution in [3.05, 3.63) is 0 Å². The van der Waals surface area contributed by atoms with Gasteiger partial charge in [0.2, 0.25) is 0 Å². The molecule has 0 spiro atoms. The molecule has 1 fully saturated rings. The Hall–Kier alpha value is -0.0600. The third-order valence-corrected chi connectivity index (χ3v) is 1.18. The van der Waals surface area contributed by atoms with Crippen LogP contribution in [0.25, 0.3) is 0 Å². The third-order valence-electron chi connectivity index (χ3n) is 0.563. The molecule has 0 bridgehead atoms. The van der Waals surface area contributed by atoms with E-state index < -0.39 is 5.18 Å². The molecule has 1 unspecified atom stereocenters. The molecule has 0 aromatic rings. The monoisotopic (exact) mass is 118 g/mol. The number of nitrogens with zero attached hydrogens (tertiary/aromatic N) is 1. The number of nitrogens with two attached hydrogens (primary N) is 1. The molecule has 7 heavy (non-hydrogen) atoms. The molecule has 0 saturated carbocycles. The van der Waals surface area contributed by atoms with E-state index in [4.69, 9.17) is 5.73 Å². The van der Waals surface area contributed by atoms with Gasteiger partial charge in [-0.3, -0.25) is 9.92 Å². The van der Waals surface area contributed by atoms with Crippen LogP contribution in [0.2, 0.25) is 0 Å². The van der Waals surface area contributed by atoms with Crippen molar-refractivity contribution in [2.45, 2.75) is 12.1 Å². The van der Waals surface area contributed by atoms with Crippen molar-refractivity contribution < 1.29 is 4.18 Å². The highest BCUT2D eigenvalue weighted by atomic mass is 32.2. The van der Waals surface area contributed by atoms with Gasteiger partial charge in [-0.1, -0.05) is 0 Å². The summed E-state index contributed by atoms with van der Waals surface area (Å²) in [5.74, 6) is 0. The second kappa shape index (κ2) is 1.47. The molecule has 1 aliphatic rings. The Morgan fingerprint density at radius 2 is 2.57 bits per heavy atom. The van der Waals surface area contributed by atoms with Gasteiger partial charge in [0.25, 0.3) is 0 Å². The Kier molecular flexibility index (Phi) is 1.07. The van der Waals surface area contributed by atoms with Gasteiger partial charge >= 0.3 is 5.18 Å². The van der Waals surface area contributed by atoms with Crippen LogP contribution < -0.4 is 5.73 Å². The predicted molar refractivity (Wildman–Crippen MR) is 29.8 cm³/mol. The SMILES string of the molecule is CC=NC1(N)OS1. The van der Waals surface area contributed by atoms with Crippen molar-refractivity contribution in [1.29, 1.82) is 0 Å². The van der Waals surface area contributed by atoms with Crippen molar-refractivity contribution in [2.24, 2.45) is 10.7 Å². The molecule has 0 aromatic carbocycles. The van der Waals surface area contributed by atoms with E-state index in [9.17, 15) is 0 Å². The molecule has 4 heteroatoms. The molecule has 1 atom stereocenters.